The standard InChI is InChI=1S/C21H26F3N3O3/c1-14(16-10-6-3-7-11-16)27-18(29)20(21(22,23)24,26-19(27)30)25-17(28)13-12-15-8-4-2-5-9-15/h3,6-7,10-11,14-15H,2,4-5,8-9,12-13H2,1H3,(H,25,28)(H,26,30)/t14-,20-/m0/s1. The van der Waals surface area contributed by atoms with Crippen LogP contribution >= 0.6 is 0 Å². The number of hydrogen-bond acceptors (Lipinski definition) is 3. The van der Waals surface area contributed by atoms with Crippen LogP contribution in [0.1, 0.15) is 63.5 Å². The second kappa shape index (κ2) is 8.65. The number of alkyl halides is 3. The summed E-state index contributed by atoms with van der Waals surface area (Å²) in [6.45, 7) is 1.46. The highest BCUT2D eigenvalue weighted by atomic mass is 19.4. The number of rotatable bonds is 6. The molecule has 0 spiro atoms. The summed E-state index contributed by atoms with van der Waals surface area (Å²) in [5.41, 5.74) is -2.95. The van der Waals surface area contributed by atoms with Crippen LogP contribution in [0.15, 0.2) is 30.3 Å². The van der Waals surface area contributed by atoms with Crippen molar-refractivity contribution in [2.45, 2.75) is 69.8 Å². The molecule has 2 N–H and O–H groups in total. The molecule has 3 rings (SSSR count). The van der Waals surface area contributed by atoms with Gasteiger partial charge in [0.05, 0.1) is 6.04 Å². The summed E-state index contributed by atoms with van der Waals surface area (Å²) in [4.78, 5) is 38.1. The zero-order valence-electron chi connectivity index (χ0n) is 16.8. The fraction of sp³-hybridized carbons (Fsp3) is 0.571. The topological polar surface area (TPSA) is 78.5 Å². The summed E-state index contributed by atoms with van der Waals surface area (Å²) in [5, 5.41) is 3.51. The number of nitrogens with one attached hydrogen (secondary N) is 2. The van der Waals surface area contributed by atoms with E-state index in [4.69, 9.17) is 0 Å². The van der Waals surface area contributed by atoms with Gasteiger partial charge in [-0.15, -0.1) is 0 Å². The Kier molecular flexibility index (Phi) is 6.38. The highest BCUT2D eigenvalue weighted by molar-refractivity contribution is 6.09. The molecule has 9 heteroatoms. The molecular formula is C21H26F3N3O3. The van der Waals surface area contributed by atoms with E-state index in [-0.39, 0.29) is 6.42 Å². The van der Waals surface area contributed by atoms with Crippen molar-refractivity contribution in [3.8, 4) is 0 Å². The molecule has 1 heterocycles. The largest absolute Gasteiger partial charge is 0.440 e. The maximum Gasteiger partial charge on any atom is 0.440 e. The van der Waals surface area contributed by atoms with Gasteiger partial charge < -0.3 is 5.32 Å². The number of amides is 4. The smallest absolute Gasteiger partial charge is 0.318 e. The van der Waals surface area contributed by atoms with E-state index in [1.807, 2.05) is 0 Å². The first-order chi connectivity index (χ1) is 14.2. The van der Waals surface area contributed by atoms with Gasteiger partial charge in [0.2, 0.25) is 5.91 Å². The van der Waals surface area contributed by atoms with Gasteiger partial charge in [0.15, 0.2) is 0 Å². The van der Waals surface area contributed by atoms with Crippen LogP contribution in [0.25, 0.3) is 0 Å². The van der Waals surface area contributed by atoms with Crippen LogP contribution < -0.4 is 10.6 Å². The maximum atomic E-state index is 14.0. The summed E-state index contributed by atoms with van der Waals surface area (Å²) in [6.07, 6.45) is 0.304. The van der Waals surface area contributed by atoms with Crippen molar-refractivity contribution in [2.24, 2.45) is 5.92 Å². The molecule has 1 aliphatic heterocycles. The molecule has 1 aromatic carbocycles. The molecule has 164 valence electrons. The van der Waals surface area contributed by atoms with Crippen molar-refractivity contribution in [2.75, 3.05) is 0 Å². The van der Waals surface area contributed by atoms with Gasteiger partial charge >= 0.3 is 12.2 Å². The second-order valence-corrected chi connectivity index (χ2v) is 8.03. The van der Waals surface area contributed by atoms with E-state index in [0.29, 0.717) is 22.8 Å². The third-order valence-electron chi connectivity index (χ3n) is 5.98. The molecule has 2 aliphatic rings. The summed E-state index contributed by atoms with van der Waals surface area (Å²) >= 11 is 0. The van der Waals surface area contributed by atoms with Crippen LogP contribution in [0.2, 0.25) is 0 Å². The van der Waals surface area contributed by atoms with Gasteiger partial charge in [0, 0.05) is 6.42 Å². The number of carbonyl (C=O) groups is 3. The van der Waals surface area contributed by atoms with Crippen LogP contribution in [-0.2, 0) is 9.59 Å². The van der Waals surface area contributed by atoms with E-state index in [9.17, 15) is 27.6 Å². The fourth-order valence-electron chi connectivity index (χ4n) is 4.21. The number of hydrogen-bond donors (Lipinski definition) is 2. The van der Waals surface area contributed by atoms with Gasteiger partial charge in [0.1, 0.15) is 0 Å². The quantitative estimate of drug-likeness (QED) is 0.676. The molecule has 6 nitrogen and oxygen atoms in total. The number of urea groups is 1. The molecule has 1 aliphatic carbocycles. The predicted molar refractivity (Wildman–Crippen MR) is 103 cm³/mol. The SMILES string of the molecule is C[C@@H](c1ccccc1)N1C(=O)N[C@](NC(=O)CCC2CCCCC2)(C(F)(F)F)C1=O. The Balaban J connectivity index is 1.77. The highest BCUT2D eigenvalue weighted by Crippen LogP contribution is 2.37. The van der Waals surface area contributed by atoms with Crippen molar-refractivity contribution >= 4 is 17.8 Å². The van der Waals surface area contributed by atoms with Crippen LogP contribution in [0.4, 0.5) is 18.0 Å². The minimum atomic E-state index is -5.19. The Morgan fingerprint density at radius 3 is 2.43 bits per heavy atom. The summed E-state index contributed by atoms with van der Waals surface area (Å²) in [7, 11) is 0. The fourth-order valence-corrected chi connectivity index (χ4v) is 4.21. The van der Waals surface area contributed by atoms with Crippen molar-refractivity contribution in [1.29, 1.82) is 0 Å². The minimum absolute atomic E-state index is 0.125. The Morgan fingerprint density at radius 2 is 1.83 bits per heavy atom. The van der Waals surface area contributed by atoms with E-state index < -0.39 is 35.7 Å². The van der Waals surface area contributed by atoms with E-state index in [2.05, 4.69) is 0 Å². The van der Waals surface area contributed by atoms with Gasteiger partial charge in [0.25, 0.3) is 11.6 Å². The van der Waals surface area contributed by atoms with E-state index >= 15 is 0 Å². The van der Waals surface area contributed by atoms with E-state index in [0.717, 1.165) is 32.1 Å². The zero-order valence-corrected chi connectivity index (χ0v) is 16.8. The first kappa shape index (κ1) is 22.1. The highest BCUT2D eigenvalue weighted by Gasteiger charge is 2.69. The molecule has 2 fully saturated rings. The van der Waals surface area contributed by atoms with Crippen molar-refractivity contribution < 1.29 is 27.6 Å². The Morgan fingerprint density at radius 1 is 1.20 bits per heavy atom. The number of nitrogens with zero attached hydrogens (tertiary/aromatic N) is 1. The maximum absolute atomic E-state index is 14.0. The number of halogens is 3. The molecule has 2 atom stereocenters. The number of imide groups is 1. The molecule has 0 radical (unpaired) electrons. The van der Waals surface area contributed by atoms with Crippen molar-refractivity contribution in [3.05, 3.63) is 35.9 Å². The van der Waals surface area contributed by atoms with Crippen molar-refractivity contribution in [1.82, 2.24) is 15.5 Å². The lowest BCUT2D eigenvalue weighted by Crippen LogP contribution is -2.69. The molecule has 0 unspecified atom stereocenters. The van der Waals surface area contributed by atoms with Crippen LogP contribution in [-0.4, -0.2) is 34.6 Å². The van der Waals surface area contributed by atoms with Gasteiger partial charge in [-0.1, -0.05) is 62.4 Å². The second-order valence-electron chi connectivity index (χ2n) is 8.03. The normalized spacial score (nSPS) is 23.9. The Hall–Kier alpha value is -2.58. The first-order valence-corrected chi connectivity index (χ1v) is 10.2. The average molecular weight is 425 g/mol. The summed E-state index contributed by atoms with van der Waals surface area (Å²) < 4.78 is 41.9. The predicted octanol–water partition coefficient (Wildman–Crippen LogP) is 4.03. The minimum Gasteiger partial charge on any atom is -0.318 e. The monoisotopic (exact) mass is 425 g/mol. The summed E-state index contributed by atoms with van der Waals surface area (Å²) in [5.74, 6) is -2.13. The van der Waals surface area contributed by atoms with Gasteiger partial charge in [-0.2, -0.15) is 13.2 Å². The molecule has 0 bridgehead atoms. The van der Waals surface area contributed by atoms with Gasteiger partial charge in [-0.3, -0.25) is 19.8 Å². The zero-order chi connectivity index (χ0) is 21.9. The van der Waals surface area contributed by atoms with E-state index in [1.165, 1.54) is 6.92 Å². The molecule has 1 saturated carbocycles. The molecule has 1 aromatic rings. The Labute approximate surface area is 173 Å². The van der Waals surface area contributed by atoms with Gasteiger partial charge in [-0.25, -0.2) is 4.79 Å². The Bertz CT molecular complexity index is 794. The third-order valence-corrected chi connectivity index (χ3v) is 5.98. The van der Waals surface area contributed by atoms with Gasteiger partial charge in [-0.05, 0) is 24.8 Å². The summed E-state index contributed by atoms with van der Waals surface area (Å²) in [6, 6.07) is 6.14. The lowest BCUT2D eigenvalue weighted by Gasteiger charge is -2.31. The average Bonchev–Trinajstić information content (AvgIpc) is 2.97. The van der Waals surface area contributed by atoms with E-state index in [1.54, 1.807) is 41.0 Å². The molecular weight excluding hydrogens is 399 g/mol. The lowest BCUT2D eigenvalue weighted by molar-refractivity contribution is -0.204. The van der Waals surface area contributed by atoms with Crippen LogP contribution in [0.5, 0.6) is 0 Å². The molecule has 30 heavy (non-hydrogen) atoms. The molecule has 4 amide bonds. The number of benzene rings is 1. The molecule has 1 saturated heterocycles. The third kappa shape index (κ3) is 4.29. The van der Waals surface area contributed by atoms with Crippen LogP contribution in [0, 0.1) is 5.92 Å². The van der Waals surface area contributed by atoms with Crippen LogP contribution in [0.3, 0.4) is 0 Å². The first-order valence-electron chi connectivity index (χ1n) is 10.2. The number of carbonyl (C=O) groups excluding carboxylic acids is 3. The molecule has 0 aromatic heterocycles. The lowest BCUT2D eigenvalue weighted by atomic mass is 9.86. The van der Waals surface area contributed by atoms with Crippen molar-refractivity contribution in [3.63, 3.8) is 0 Å².